The van der Waals surface area contributed by atoms with Crippen LogP contribution < -0.4 is 59.1 Å². The zero-order valence-corrected chi connectivity index (χ0v) is 21.7. The van der Waals surface area contributed by atoms with Gasteiger partial charge >= 0.3 is 59.1 Å². The van der Waals surface area contributed by atoms with Gasteiger partial charge in [0.1, 0.15) is 6.29 Å². The van der Waals surface area contributed by atoms with Crippen LogP contribution in [0.5, 0.6) is 0 Å². The van der Waals surface area contributed by atoms with E-state index in [0.29, 0.717) is 0 Å². The van der Waals surface area contributed by atoms with Gasteiger partial charge in [-0.2, -0.15) is 0 Å². The van der Waals surface area contributed by atoms with Gasteiger partial charge < -0.3 is 13.9 Å². The third-order valence-corrected chi connectivity index (χ3v) is 3.93. The summed E-state index contributed by atoms with van der Waals surface area (Å²) in [7, 11) is 0. The van der Waals surface area contributed by atoms with Crippen LogP contribution in [0.2, 0.25) is 0 Å². The van der Waals surface area contributed by atoms with E-state index in [-0.39, 0.29) is 59.1 Å². The number of aldehydes is 1. The fourth-order valence-corrected chi connectivity index (χ4v) is 2.60. The van der Waals surface area contributed by atoms with Crippen LogP contribution in [0.3, 0.4) is 0 Å². The predicted molar refractivity (Wildman–Crippen MR) is 95.3 cm³/mol. The van der Waals surface area contributed by atoms with E-state index in [2.05, 4.69) is 6.92 Å². The quantitative estimate of drug-likeness (QED) is 0.152. The van der Waals surface area contributed by atoms with Crippen LogP contribution >= 0.6 is 0 Å². The van der Waals surface area contributed by atoms with Crippen molar-refractivity contribution in [3.8, 4) is 0 Å². The molecule has 4 nitrogen and oxygen atoms in total. The van der Waals surface area contributed by atoms with E-state index in [4.69, 9.17) is 13.3 Å². The topological polar surface area (TPSA) is 80.3 Å². The Morgan fingerprint density at radius 1 is 0.640 bits per heavy atom. The number of carbonyl (C=O) groups excluding carboxylic acids is 1. The van der Waals surface area contributed by atoms with Gasteiger partial charge in [-0.3, -0.25) is 4.21 Å². The van der Waals surface area contributed by atoms with E-state index in [1.165, 1.54) is 89.9 Å². The van der Waals surface area contributed by atoms with E-state index in [1.807, 2.05) is 0 Å². The van der Waals surface area contributed by atoms with Crippen LogP contribution in [0.25, 0.3) is 0 Å². The molecule has 0 aliphatic heterocycles. The van der Waals surface area contributed by atoms with E-state index in [0.717, 1.165) is 19.1 Å². The summed E-state index contributed by atoms with van der Waals surface area (Å²) in [4.78, 5) is 10.1. The van der Waals surface area contributed by atoms with Crippen LogP contribution in [-0.4, -0.2) is 19.6 Å². The molecule has 0 spiro atoms. The molecule has 0 N–H and O–H groups in total. The van der Waals surface area contributed by atoms with Crippen molar-refractivity contribution in [2.45, 2.75) is 110 Å². The van der Waals surface area contributed by atoms with Crippen molar-refractivity contribution >= 4 is 17.6 Å². The van der Waals surface area contributed by atoms with Gasteiger partial charge in [-0.05, 0) is 6.42 Å². The third-order valence-electron chi connectivity index (χ3n) is 3.93. The van der Waals surface area contributed by atoms with Crippen LogP contribution in [0.1, 0.15) is 110 Å². The van der Waals surface area contributed by atoms with Gasteiger partial charge in [-0.25, -0.2) is 0 Å². The molecule has 0 aliphatic carbocycles. The van der Waals surface area contributed by atoms with E-state index in [9.17, 15) is 4.79 Å². The van der Waals surface area contributed by atoms with Gasteiger partial charge in [0.2, 0.25) is 0 Å². The van der Waals surface area contributed by atoms with Gasteiger partial charge in [-0.15, -0.1) is 11.4 Å². The SMILES string of the molecule is CCCCCCCCCCCCCCCCCC=O.O=S([O-])[O-].[Na+].[Na+]. The van der Waals surface area contributed by atoms with Crippen molar-refractivity contribution in [3.05, 3.63) is 0 Å². The first-order chi connectivity index (χ1) is 11.1. The van der Waals surface area contributed by atoms with Crippen LogP contribution in [0, 0.1) is 0 Å². The molecule has 0 atom stereocenters. The Labute approximate surface area is 202 Å². The Morgan fingerprint density at radius 3 is 1.12 bits per heavy atom. The largest absolute Gasteiger partial charge is 1.00 e. The van der Waals surface area contributed by atoms with Gasteiger partial charge in [0.15, 0.2) is 0 Å². The third kappa shape index (κ3) is 46.1. The van der Waals surface area contributed by atoms with Crippen molar-refractivity contribution < 1.29 is 77.2 Å². The monoisotopic (exact) mass is 394 g/mol. The molecule has 0 heterocycles. The molecule has 0 saturated carbocycles. The molecule has 0 unspecified atom stereocenters. The summed E-state index contributed by atoms with van der Waals surface area (Å²) in [5.41, 5.74) is 0. The molecule has 0 aliphatic rings. The summed E-state index contributed by atoms with van der Waals surface area (Å²) in [6, 6.07) is 0. The Kier molecular flexibility index (Phi) is 45.7. The first kappa shape index (κ1) is 34.3. The molecule has 0 rings (SSSR count). The minimum absolute atomic E-state index is 0. The van der Waals surface area contributed by atoms with Crippen molar-refractivity contribution in [2.75, 3.05) is 0 Å². The second-order valence-corrected chi connectivity index (χ2v) is 6.52. The predicted octanol–water partition coefficient (Wildman–Crippen LogP) is -0.549. The Hall–Kier alpha value is 1.74. The summed E-state index contributed by atoms with van der Waals surface area (Å²) in [5.74, 6) is 0. The average molecular weight is 395 g/mol. The fraction of sp³-hybridized carbons (Fsp3) is 0.944. The first-order valence-electron chi connectivity index (χ1n) is 9.35. The van der Waals surface area contributed by atoms with Crippen molar-refractivity contribution in [2.24, 2.45) is 0 Å². The number of rotatable bonds is 16. The minimum atomic E-state index is -3.11. The number of carbonyl (C=O) groups is 1. The fourth-order valence-electron chi connectivity index (χ4n) is 2.60. The molecule has 140 valence electrons. The second-order valence-electron chi connectivity index (χ2n) is 6.11. The van der Waals surface area contributed by atoms with Gasteiger partial charge in [0.05, 0.1) is 0 Å². The Morgan fingerprint density at radius 2 is 0.880 bits per heavy atom. The molecule has 0 fully saturated rings. The summed E-state index contributed by atoms with van der Waals surface area (Å²) in [5, 5.41) is 0. The molecule has 25 heavy (non-hydrogen) atoms. The van der Waals surface area contributed by atoms with Gasteiger partial charge in [-0.1, -0.05) is 96.8 Å². The maximum Gasteiger partial charge on any atom is 1.00 e. The summed E-state index contributed by atoms with van der Waals surface area (Å²) >= 11 is -3.11. The minimum Gasteiger partial charge on any atom is -0.784 e. The van der Waals surface area contributed by atoms with Crippen molar-refractivity contribution in [3.63, 3.8) is 0 Å². The molecule has 0 aromatic heterocycles. The molecule has 0 aromatic rings. The Bertz CT molecular complexity index is 253. The van der Waals surface area contributed by atoms with Gasteiger partial charge in [0.25, 0.3) is 0 Å². The molecule has 7 heteroatoms. The Balaban J connectivity index is -0.000000330. The van der Waals surface area contributed by atoms with E-state index in [1.54, 1.807) is 0 Å². The molecular weight excluding hydrogens is 358 g/mol. The van der Waals surface area contributed by atoms with Crippen LogP contribution in [-0.2, 0) is 16.2 Å². The molecule has 0 aromatic carbocycles. The molecule has 0 bridgehead atoms. The standard InChI is InChI=1S/C18H36O.2Na.H2O3S/c1-2-3-4-5-6-7-8-9-10-11-12-13-14-15-16-17-18-19;;;1-4(2)3/h18H,2-17H2,1H3;;;(H2,1,2,3)/q;2*+1;/p-2. The average Bonchev–Trinajstić information content (AvgIpc) is 2.50. The van der Waals surface area contributed by atoms with Gasteiger partial charge in [0, 0.05) is 6.42 Å². The number of unbranched alkanes of at least 4 members (excludes halogenated alkanes) is 15. The molecule has 0 amide bonds. The zero-order valence-electron chi connectivity index (χ0n) is 16.9. The summed E-state index contributed by atoms with van der Waals surface area (Å²) in [6.07, 6.45) is 22.6. The number of hydrogen-bond donors (Lipinski definition) is 0. The molecule has 0 radical (unpaired) electrons. The smallest absolute Gasteiger partial charge is 0.784 e. The van der Waals surface area contributed by atoms with E-state index < -0.39 is 11.4 Å². The number of hydrogen-bond acceptors (Lipinski definition) is 4. The maximum atomic E-state index is 10.1. The summed E-state index contributed by atoms with van der Waals surface area (Å²) in [6.45, 7) is 2.28. The van der Waals surface area contributed by atoms with Crippen LogP contribution in [0.15, 0.2) is 0 Å². The molecule has 0 saturated heterocycles. The first-order valence-corrected chi connectivity index (χ1v) is 10.4. The van der Waals surface area contributed by atoms with Crippen molar-refractivity contribution in [1.82, 2.24) is 0 Å². The normalized spacial score (nSPS) is 9.60. The van der Waals surface area contributed by atoms with Crippen LogP contribution in [0.4, 0.5) is 0 Å². The van der Waals surface area contributed by atoms with Crippen molar-refractivity contribution in [1.29, 1.82) is 0 Å². The van der Waals surface area contributed by atoms with E-state index >= 15 is 0 Å². The maximum absolute atomic E-state index is 10.1. The zero-order chi connectivity index (χ0) is 17.6. The second kappa shape index (κ2) is 33.3. The summed E-state index contributed by atoms with van der Waals surface area (Å²) < 4.78 is 25.3. The molecular formula is C18H36Na2O4S.